The molecule has 1 saturated heterocycles. The number of rotatable bonds is 4. The van der Waals surface area contributed by atoms with Crippen LogP contribution >= 0.6 is 0 Å². The zero-order chi connectivity index (χ0) is 8.81. The summed E-state index contributed by atoms with van der Waals surface area (Å²) in [5.41, 5.74) is 0. The Morgan fingerprint density at radius 1 is 1.00 bits per heavy atom. The zero-order valence-electron chi connectivity index (χ0n) is 7.96. The van der Waals surface area contributed by atoms with Crippen molar-refractivity contribution in [2.75, 3.05) is 45.9 Å². The quantitative estimate of drug-likeness (QED) is 0.613. The molecule has 12 heavy (non-hydrogen) atoms. The lowest BCUT2D eigenvalue weighted by molar-refractivity contribution is 0.0924. The van der Waals surface area contributed by atoms with Crippen molar-refractivity contribution < 1.29 is 5.11 Å². The first-order valence-electron chi connectivity index (χ1n) is 4.89. The van der Waals surface area contributed by atoms with E-state index in [9.17, 15) is 5.11 Å². The van der Waals surface area contributed by atoms with Crippen molar-refractivity contribution in [2.24, 2.45) is 0 Å². The van der Waals surface area contributed by atoms with Crippen LogP contribution < -0.4 is 0 Å². The highest BCUT2D eigenvalue weighted by atomic mass is 16.3. The molecule has 1 aliphatic rings. The smallest absolute Gasteiger partial charge is 0.0949 e. The fourth-order valence-corrected chi connectivity index (χ4v) is 1.68. The topological polar surface area (TPSA) is 26.4 Å². The molecule has 0 unspecified atom stereocenters. The molecule has 1 aliphatic heterocycles. The largest absolute Gasteiger partial charge is 0.301 e. The van der Waals surface area contributed by atoms with Crippen LogP contribution in [0.3, 0.4) is 0 Å². The van der Waals surface area contributed by atoms with E-state index in [1.807, 2.05) is 0 Å². The van der Waals surface area contributed by atoms with Gasteiger partial charge in [-0.15, -0.1) is 0 Å². The number of piperazine rings is 1. The Kier molecular flexibility index (Phi) is 4.58. The third-order valence-electron chi connectivity index (χ3n) is 2.41. The molecule has 3 nitrogen and oxygen atoms in total. The van der Waals surface area contributed by atoms with Crippen LogP contribution in [-0.2, 0) is 5.11 Å². The first kappa shape index (κ1) is 9.96. The van der Waals surface area contributed by atoms with Gasteiger partial charge in [0, 0.05) is 32.7 Å². The van der Waals surface area contributed by atoms with Crippen LogP contribution in [0.25, 0.3) is 0 Å². The van der Waals surface area contributed by atoms with Gasteiger partial charge in [0.15, 0.2) is 0 Å². The van der Waals surface area contributed by atoms with Crippen LogP contribution in [0.1, 0.15) is 13.3 Å². The maximum Gasteiger partial charge on any atom is 0.0949 e. The molecule has 3 heteroatoms. The van der Waals surface area contributed by atoms with Gasteiger partial charge >= 0.3 is 0 Å². The molecule has 0 aromatic rings. The normalized spacial score (nSPS) is 21.5. The predicted molar refractivity (Wildman–Crippen MR) is 48.7 cm³/mol. The molecule has 0 aliphatic carbocycles. The van der Waals surface area contributed by atoms with E-state index in [0.29, 0.717) is 0 Å². The van der Waals surface area contributed by atoms with Gasteiger partial charge in [0.2, 0.25) is 0 Å². The van der Waals surface area contributed by atoms with Crippen molar-refractivity contribution in [1.29, 1.82) is 0 Å². The fourth-order valence-electron chi connectivity index (χ4n) is 1.68. The van der Waals surface area contributed by atoms with Gasteiger partial charge in [-0.05, 0) is 13.0 Å². The summed E-state index contributed by atoms with van der Waals surface area (Å²) in [6, 6.07) is 0. The maximum atomic E-state index is 10.4. The van der Waals surface area contributed by atoms with Gasteiger partial charge in [-0.25, -0.2) is 5.11 Å². The van der Waals surface area contributed by atoms with E-state index >= 15 is 0 Å². The summed E-state index contributed by atoms with van der Waals surface area (Å²) in [5, 5.41) is 10.4. The Bertz CT molecular complexity index is 97.1. The zero-order valence-corrected chi connectivity index (χ0v) is 7.96. The standard InChI is InChI=1S/C9H19N2O/c1-2-3-10-4-6-11(7-5-10)8-9-12/h2-9H2,1H3. The highest BCUT2D eigenvalue weighted by Gasteiger charge is 2.14. The SMILES string of the molecule is CCCN1CCN(CC[O])CC1. The van der Waals surface area contributed by atoms with Crippen molar-refractivity contribution in [3.05, 3.63) is 0 Å². The highest BCUT2D eigenvalue weighted by Crippen LogP contribution is 2.01. The lowest BCUT2D eigenvalue weighted by Gasteiger charge is -2.33. The Hall–Kier alpha value is -0.120. The highest BCUT2D eigenvalue weighted by molar-refractivity contribution is 4.70. The van der Waals surface area contributed by atoms with E-state index in [-0.39, 0.29) is 6.61 Å². The molecular formula is C9H19N2O. The minimum absolute atomic E-state index is 0.0494. The minimum Gasteiger partial charge on any atom is -0.301 e. The van der Waals surface area contributed by atoms with Crippen LogP contribution in [0, 0.1) is 0 Å². The van der Waals surface area contributed by atoms with Gasteiger partial charge in [0.1, 0.15) is 0 Å². The third kappa shape index (κ3) is 3.09. The van der Waals surface area contributed by atoms with Crippen molar-refractivity contribution in [3.8, 4) is 0 Å². The molecule has 0 aromatic heterocycles. The summed E-state index contributed by atoms with van der Waals surface area (Å²) in [7, 11) is 0. The van der Waals surface area contributed by atoms with Crippen LogP contribution in [-0.4, -0.2) is 55.7 Å². The molecule has 0 atom stereocenters. The second-order valence-corrected chi connectivity index (χ2v) is 3.39. The third-order valence-corrected chi connectivity index (χ3v) is 2.41. The van der Waals surface area contributed by atoms with E-state index in [4.69, 9.17) is 0 Å². The number of hydrogen-bond donors (Lipinski definition) is 0. The Morgan fingerprint density at radius 2 is 1.50 bits per heavy atom. The van der Waals surface area contributed by atoms with E-state index in [0.717, 1.165) is 32.7 Å². The van der Waals surface area contributed by atoms with Crippen LogP contribution in [0.2, 0.25) is 0 Å². The first-order valence-corrected chi connectivity index (χ1v) is 4.89. The van der Waals surface area contributed by atoms with Crippen LogP contribution in [0.4, 0.5) is 0 Å². The molecular weight excluding hydrogens is 152 g/mol. The predicted octanol–water partition coefficient (Wildman–Crippen LogP) is 0.445. The monoisotopic (exact) mass is 171 g/mol. The molecule has 71 valence electrons. The summed E-state index contributed by atoms with van der Waals surface area (Å²) >= 11 is 0. The number of hydrogen-bond acceptors (Lipinski definition) is 2. The lowest BCUT2D eigenvalue weighted by Crippen LogP contribution is -2.47. The van der Waals surface area contributed by atoms with E-state index in [2.05, 4.69) is 16.7 Å². The van der Waals surface area contributed by atoms with E-state index < -0.39 is 0 Å². The molecule has 1 heterocycles. The molecule has 0 bridgehead atoms. The maximum absolute atomic E-state index is 10.4. The second-order valence-electron chi connectivity index (χ2n) is 3.39. The average Bonchev–Trinajstić information content (AvgIpc) is 2.09. The number of nitrogens with zero attached hydrogens (tertiary/aromatic N) is 2. The van der Waals surface area contributed by atoms with Gasteiger partial charge < -0.3 is 4.90 Å². The van der Waals surface area contributed by atoms with Gasteiger partial charge in [-0.2, -0.15) is 0 Å². The van der Waals surface area contributed by atoms with E-state index in [1.54, 1.807) is 0 Å². The van der Waals surface area contributed by atoms with Gasteiger partial charge in [-0.1, -0.05) is 6.92 Å². The van der Waals surface area contributed by atoms with Crippen LogP contribution in [0.5, 0.6) is 0 Å². The molecule has 1 fully saturated rings. The Labute approximate surface area is 75.0 Å². The first-order chi connectivity index (χ1) is 5.86. The Morgan fingerprint density at radius 3 is 1.92 bits per heavy atom. The molecule has 1 rings (SSSR count). The lowest BCUT2D eigenvalue weighted by atomic mass is 10.3. The van der Waals surface area contributed by atoms with Crippen LogP contribution in [0.15, 0.2) is 0 Å². The summed E-state index contributed by atoms with van der Waals surface area (Å²) in [4.78, 5) is 4.74. The average molecular weight is 171 g/mol. The molecule has 0 aromatic carbocycles. The molecule has 0 amide bonds. The van der Waals surface area contributed by atoms with Gasteiger partial charge in [-0.3, -0.25) is 4.90 Å². The van der Waals surface area contributed by atoms with Crippen molar-refractivity contribution in [3.63, 3.8) is 0 Å². The Balaban J connectivity index is 2.11. The van der Waals surface area contributed by atoms with Gasteiger partial charge in [0.25, 0.3) is 0 Å². The molecule has 0 spiro atoms. The molecule has 0 N–H and O–H groups in total. The molecule has 1 radical (unpaired) electrons. The van der Waals surface area contributed by atoms with Gasteiger partial charge in [0.05, 0.1) is 6.61 Å². The summed E-state index contributed by atoms with van der Waals surface area (Å²) < 4.78 is 0. The molecule has 0 saturated carbocycles. The second kappa shape index (κ2) is 5.51. The van der Waals surface area contributed by atoms with Crippen molar-refractivity contribution in [2.45, 2.75) is 13.3 Å². The van der Waals surface area contributed by atoms with Crippen molar-refractivity contribution >= 4 is 0 Å². The summed E-state index contributed by atoms with van der Waals surface area (Å²) in [6.07, 6.45) is 1.24. The van der Waals surface area contributed by atoms with E-state index in [1.165, 1.54) is 13.0 Å². The fraction of sp³-hybridized carbons (Fsp3) is 1.00. The minimum atomic E-state index is 0.0494. The van der Waals surface area contributed by atoms with Crippen molar-refractivity contribution in [1.82, 2.24) is 9.80 Å². The summed E-state index contributed by atoms with van der Waals surface area (Å²) in [5.74, 6) is 0. The summed E-state index contributed by atoms with van der Waals surface area (Å²) in [6.45, 7) is 8.68.